The molecular formula is C21H24BrN5O4. The van der Waals surface area contributed by atoms with Crippen molar-refractivity contribution in [1.82, 2.24) is 16.1 Å². The van der Waals surface area contributed by atoms with Crippen LogP contribution in [0, 0.1) is 17.2 Å². The van der Waals surface area contributed by atoms with E-state index < -0.39 is 23.5 Å². The Morgan fingerprint density at radius 3 is 2.74 bits per heavy atom. The van der Waals surface area contributed by atoms with Crippen molar-refractivity contribution in [3.05, 3.63) is 33.8 Å². The minimum absolute atomic E-state index is 0.158. The van der Waals surface area contributed by atoms with E-state index in [2.05, 4.69) is 43.2 Å². The second kappa shape index (κ2) is 9.47. The molecule has 3 rings (SSSR count). The fourth-order valence-corrected chi connectivity index (χ4v) is 4.65. The van der Waals surface area contributed by atoms with Gasteiger partial charge in [-0.2, -0.15) is 10.4 Å². The van der Waals surface area contributed by atoms with Crippen LogP contribution in [0.1, 0.15) is 50.2 Å². The van der Waals surface area contributed by atoms with E-state index in [1.165, 1.54) is 7.05 Å². The Morgan fingerprint density at radius 1 is 1.39 bits per heavy atom. The summed E-state index contributed by atoms with van der Waals surface area (Å²) in [4.78, 5) is 35.2. The first-order valence-corrected chi connectivity index (χ1v) is 10.9. The number of hydrazone groups is 1. The number of likely N-dealkylation sites (N-methyl/N-ethyl adjacent to an activating group) is 1. The molecule has 0 radical (unpaired) electrons. The van der Waals surface area contributed by atoms with Gasteiger partial charge in [0, 0.05) is 23.1 Å². The van der Waals surface area contributed by atoms with E-state index in [9.17, 15) is 19.6 Å². The molecule has 1 fully saturated rings. The number of carbonyl (C=O) groups excluding carboxylic acids is 3. The van der Waals surface area contributed by atoms with Gasteiger partial charge in [0.1, 0.15) is 5.71 Å². The number of nitrogens with zero attached hydrogens (tertiary/aromatic N) is 2. The minimum atomic E-state index is -0.871. The zero-order valence-corrected chi connectivity index (χ0v) is 18.9. The van der Waals surface area contributed by atoms with Gasteiger partial charge in [-0.25, -0.2) is 10.2 Å². The van der Waals surface area contributed by atoms with Crippen LogP contribution in [-0.2, 0) is 14.3 Å². The van der Waals surface area contributed by atoms with Crippen LogP contribution in [-0.4, -0.2) is 42.3 Å². The fraction of sp³-hybridized carbons (Fsp3) is 0.476. The Hall–Kier alpha value is -2.93. The molecule has 1 heterocycles. The molecule has 0 unspecified atom stereocenters. The molecule has 164 valence electrons. The Balaban J connectivity index is 1.73. The summed E-state index contributed by atoms with van der Waals surface area (Å²) >= 11 is 3.51. The van der Waals surface area contributed by atoms with Gasteiger partial charge in [0.15, 0.2) is 5.60 Å². The average molecular weight is 490 g/mol. The third-order valence-electron chi connectivity index (χ3n) is 5.74. The molecule has 31 heavy (non-hydrogen) atoms. The highest BCUT2D eigenvalue weighted by atomic mass is 79.9. The van der Waals surface area contributed by atoms with Gasteiger partial charge in [0.2, 0.25) is 0 Å². The number of ether oxygens (including phenoxy) is 1. The number of halogens is 1. The highest BCUT2D eigenvalue weighted by Gasteiger charge is 2.46. The van der Waals surface area contributed by atoms with Crippen molar-refractivity contribution in [3.63, 3.8) is 0 Å². The molecule has 0 bridgehead atoms. The summed E-state index contributed by atoms with van der Waals surface area (Å²) in [5.41, 5.74) is 3.31. The molecule has 0 saturated heterocycles. The lowest BCUT2D eigenvalue weighted by Gasteiger charge is -2.42. The predicted molar refractivity (Wildman–Crippen MR) is 116 cm³/mol. The zero-order chi connectivity index (χ0) is 22.6. The Morgan fingerprint density at radius 2 is 2.10 bits per heavy atom. The van der Waals surface area contributed by atoms with E-state index in [1.807, 2.05) is 6.92 Å². The number of benzene rings is 1. The molecule has 1 spiro atoms. The van der Waals surface area contributed by atoms with Crippen LogP contribution in [0.15, 0.2) is 27.8 Å². The topological polar surface area (TPSA) is 133 Å². The fourth-order valence-electron chi connectivity index (χ4n) is 4.21. The molecule has 10 heteroatoms. The summed E-state index contributed by atoms with van der Waals surface area (Å²) in [5, 5.41) is 18.6. The standard InChI is InChI=1S/C21H24BrN5O4/c1-12(25-19(29)18(28)24-2)9-13-5-7-21(8-6-13)17(26-27-20(30)31-21)15-10-14(11-23)3-4-16(15)22/h3-4,10,12-13H,5-9H2,1-2H3,(H,24,28)(H,25,29)(H,27,30)/t12-,13?,21?/m0/s1. The number of nitrogens with one attached hydrogen (secondary N) is 3. The molecular weight excluding hydrogens is 466 g/mol. The van der Waals surface area contributed by atoms with Crippen LogP contribution >= 0.6 is 15.9 Å². The van der Waals surface area contributed by atoms with Crippen molar-refractivity contribution in [3.8, 4) is 6.07 Å². The van der Waals surface area contributed by atoms with E-state index in [-0.39, 0.29) is 6.04 Å². The molecule has 1 aromatic rings. The lowest BCUT2D eigenvalue weighted by Crippen LogP contribution is -2.52. The molecule has 1 aromatic carbocycles. The van der Waals surface area contributed by atoms with Crippen LogP contribution < -0.4 is 16.1 Å². The SMILES string of the molecule is CNC(=O)C(=O)N[C@@H](C)CC1CCC2(CC1)OC(=O)NN=C2c1cc(C#N)ccc1Br. The van der Waals surface area contributed by atoms with E-state index in [0.29, 0.717) is 42.0 Å². The summed E-state index contributed by atoms with van der Waals surface area (Å²) in [6.07, 6.45) is 2.79. The largest absolute Gasteiger partial charge is 0.435 e. The maximum atomic E-state index is 12.0. The van der Waals surface area contributed by atoms with Gasteiger partial charge in [0.25, 0.3) is 0 Å². The van der Waals surface area contributed by atoms with Crippen LogP contribution in [0.25, 0.3) is 0 Å². The van der Waals surface area contributed by atoms with Gasteiger partial charge in [-0.15, -0.1) is 0 Å². The molecule has 3 amide bonds. The van der Waals surface area contributed by atoms with Crippen molar-refractivity contribution in [2.45, 2.75) is 50.7 Å². The monoisotopic (exact) mass is 489 g/mol. The zero-order valence-electron chi connectivity index (χ0n) is 17.3. The first-order valence-electron chi connectivity index (χ1n) is 10.1. The van der Waals surface area contributed by atoms with Gasteiger partial charge in [0.05, 0.1) is 11.6 Å². The molecule has 1 saturated carbocycles. The van der Waals surface area contributed by atoms with Crippen LogP contribution in [0.3, 0.4) is 0 Å². The van der Waals surface area contributed by atoms with Gasteiger partial charge >= 0.3 is 17.9 Å². The van der Waals surface area contributed by atoms with Gasteiger partial charge in [-0.3, -0.25) is 9.59 Å². The molecule has 2 aliphatic rings. The van der Waals surface area contributed by atoms with E-state index in [4.69, 9.17) is 4.74 Å². The molecule has 0 aromatic heterocycles. The lowest BCUT2D eigenvalue weighted by atomic mass is 9.72. The molecule has 9 nitrogen and oxygen atoms in total. The molecule has 1 aliphatic carbocycles. The van der Waals surface area contributed by atoms with Crippen molar-refractivity contribution in [2.24, 2.45) is 11.0 Å². The third-order valence-corrected chi connectivity index (χ3v) is 6.43. The number of carbonyl (C=O) groups is 3. The van der Waals surface area contributed by atoms with Gasteiger partial charge in [-0.05, 0) is 63.1 Å². The Kier molecular flexibility index (Phi) is 6.95. The van der Waals surface area contributed by atoms with Crippen molar-refractivity contribution >= 4 is 39.5 Å². The first kappa shape index (κ1) is 22.7. The number of hydrogen-bond acceptors (Lipinski definition) is 6. The Labute approximate surface area is 188 Å². The molecule has 3 N–H and O–H groups in total. The number of hydrogen-bond donors (Lipinski definition) is 3. The van der Waals surface area contributed by atoms with E-state index in [0.717, 1.165) is 17.3 Å². The first-order chi connectivity index (χ1) is 14.8. The second-order valence-electron chi connectivity index (χ2n) is 7.90. The van der Waals surface area contributed by atoms with E-state index in [1.54, 1.807) is 18.2 Å². The average Bonchev–Trinajstić information content (AvgIpc) is 2.75. The van der Waals surface area contributed by atoms with Gasteiger partial charge < -0.3 is 15.4 Å². The molecule has 1 aliphatic heterocycles. The third kappa shape index (κ3) is 5.05. The van der Waals surface area contributed by atoms with Crippen molar-refractivity contribution < 1.29 is 19.1 Å². The van der Waals surface area contributed by atoms with Crippen LogP contribution in [0.2, 0.25) is 0 Å². The lowest BCUT2D eigenvalue weighted by molar-refractivity contribution is -0.139. The highest BCUT2D eigenvalue weighted by molar-refractivity contribution is 9.10. The van der Waals surface area contributed by atoms with Crippen LogP contribution in [0.5, 0.6) is 0 Å². The normalized spacial score (nSPS) is 23.6. The summed E-state index contributed by atoms with van der Waals surface area (Å²) in [5.74, 6) is -1.01. The summed E-state index contributed by atoms with van der Waals surface area (Å²) < 4.78 is 6.53. The highest BCUT2D eigenvalue weighted by Crippen LogP contribution is 2.41. The smallest absolute Gasteiger partial charge is 0.428 e. The summed E-state index contributed by atoms with van der Waals surface area (Å²) in [6.45, 7) is 1.87. The van der Waals surface area contributed by atoms with Crippen molar-refractivity contribution in [2.75, 3.05) is 7.05 Å². The maximum absolute atomic E-state index is 12.0. The quantitative estimate of drug-likeness (QED) is 0.558. The van der Waals surface area contributed by atoms with Crippen molar-refractivity contribution in [1.29, 1.82) is 5.26 Å². The summed E-state index contributed by atoms with van der Waals surface area (Å²) in [6, 6.07) is 7.18. The van der Waals surface area contributed by atoms with E-state index >= 15 is 0 Å². The second-order valence-corrected chi connectivity index (χ2v) is 8.75. The van der Waals surface area contributed by atoms with Gasteiger partial charge in [-0.1, -0.05) is 15.9 Å². The molecule has 1 atom stereocenters. The minimum Gasteiger partial charge on any atom is -0.435 e. The summed E-state index contributed by atoms with van der Waals surface area (Å²) in [7, 11) is 1.41. The maximum Gasteiger partial charge on any atom is 0.428 e. The van der Waals surface area contributed by atoms with Crippen LogP contribution in [0.4, 0.5) is 4.79 Å². The number of rotatable bonds is 4. The predicted octanol–water partition coefficient (Wildman–Crippen LogP) is 2.33. The Bertz CT molecular complexity index is 963. The number of amides is 3. The number of nitriles is 1.